The maximum Gasteiger partial charge on any atom is 0.269 e. The minimum Gasteiger partial charge on any atom is -0.458 e. The first-order valence-electron chi connectivity index (χ1n) is 31.0. The summed E-state index contributed by atoms with van der Waals surface area (Å²) in [5, 5.41) is 2.03. The van der Waals surface area contributed by atoms with E-state index in [4.69, 9.17) is 22.1 Å². The van der Waals surface area contributed by atoms with Crippen LogP contribution in [-0.2, 0) is 10.8 Å². The van der Waals surface area contributed by atoms with Gasteiger partial charge in [0.15, 0.2) is 0 Å². The summed E-state index contributed by atoms with van der Waals surface area (Å²) < 4.78 is 127. The van der Waals surface area contributed by atoms with Crippen LogP contribution in [0.4, 0.5) is 0 Å². The number of fused-ring (bicyclic) bond motifs is 4. The lowest BCUT2D eigenvalue weighted by molar-refractivity contribution is -0.571. The van der Waals surface area contributed by atoms with Crippen LogP contribution in [0.15, 0.2) is 224 Å². The molecule has 3 heterocycles. The molecule has 0 atom stereocenters. The van der Waals surface area contributed by atoms with Gasteiger partial charge in [-0.2, -0.15) is 0 Å². The molecule has 0 aliphatic carbocycles. The Labute approximate surface area is 452 Å². The lowest BCUT2D eigenvalue weighted by Gasteiger charge is -2.20. The summed E-state index contributed by atoms with van der Waals surface area (Å²) in [4.78, 5) is 4.94. The molecule has 360 valence electrons. The number of pyridine rings is 1. The van der Waals surface area contributed by atoms with Crippen molar-refractivity contribution in [2.24, 2.45) is 0 Å². The summed E-state index contributed by atoms with van der Waals surface area (Å²) in [6.45, 7) is 10.6. The predicted octanol–water partition coefficient (Wildman–Crippen LogP) is 17.6. The molecule has 0 amide bonds. The van der Waals surface area contributed by atoms with Crippen LogP contribution in [-0.4, -0.2) is 14.1 Å². The molecular formula is C69H58N4O. The van der Waals surface area contributed by atoms with E-state index in [1.165, 1.54) is 17.7 Å². The summed E-state index contributed by atoms with van der Waals surface area (Å²) in [5.74, 6) is 1.71. The molecular weight excluding hydrogens is 901 g/mol. The molecule has 5 nitrogen and oxygen atoms in total. The van der Waals surface area contributed by atoms with Gasteiger partial charge in [-0.05, 0) is 140 Å². The van der Waals surface area contributed by atoms with Crippen LogP contribution < -0.4 is 9.30 Å². The van der Waals surface area contributed by atoms with Crippen molar-refractivity contribution in [2.45, 2.75) is 59.2 Å². The Balaban J connectivity index is 1.06. The molecule has 5 heteroatoms. The molecule has 0 radical (unpaired) electrons. The minimum absolute atomic E-state index is 0.01000. The Hall–Kier alpha value is -8.80. The van der Waals surface area contributed by atoms with Crippen molar-refractivity contribution >= 4 is 32.8 Å². The average molecular weight is 972 g/mol. The smallest absolute Gasteiger partial charge is 0.269 e. The second-order valence-corrected chi connectivity index (χ2v) is 20.5. The van der Waals surface area contributed by atoms with Crippen molar-refractivity contribution < 1.29 is 27.1 Å². The van der Waals surface area contributed by atoms with Crippen LogP contribution in [0.25, 0.3) is 94.5 Å². The van der Waals surface area contributed by atoms with Gasteiger partial charge in [-0.1, -0.05) is 193 Å². The molecule has 9 aromatic carbocycles. The molecule has 0 aliphatic heterocycles. The average Bonchev–Trinajstić information content (AvgIpc) is 2.02. The fourth-order valence-electron chi connectivity index (χ4n) is 9.81. The number of para-hydroxylation sites is 1. The van der Waals surface area contributed by atoms with Gasteiger partial charge < -0.3 is 4.74 Å². The van der Waals surface area contributed by atoms with E-state index in [-0.39, 0.29) is 44.3 Å². The Morgan fingerprint density at radius 1 is 0.514 bits per heavy atom. The Bertz CT molecular complexity index is 4650. The zero-order valence-electron chi connectivity index (χ0n) is 54.8. The number of benzene rings is 9. The van der Waals surface area contributed by atoms with Crippen molar-refractivity contribution in [1.82, 2.24) is 14.1 Å². The van der Waals surface area contributed by atoms with Gasteiger partial charge in [-0.3, -0.25) is 13.7 Å². The van der Waals surface area contributed by atoms with Gasteiger partial charge in [0.1, 0.15) is 17.3 Å². The van der Waals surface area contributed by atoms with E-state index in [0.29, 0.717) is 39.3 Å². The Morgan fingerprint density at radius 2 is 1.16 bits per heavy atom. The van der Waals surface area contributed by atoms with E-state index < -0.39 is 67.3 Å². The number of nitrogens with zero attached hydrogens (tertiary/aromatic N) is 4. The molecule has 0 fully saturated rings. The first kappa shape index (κ1) is 33.8. The highest BCUT2D eigenvalue weighted by atomic mass is 16.5. The molecule has 0 bridgehead atoms. The standard InChI is InChI=1S/C69H58N4O/c1-46-18-14-15-25-57(46)51-31-37-63-65(41-51)72(67-58(48-19-10-8-11-20-48)26-17-27-59(67)49-21-12-9-13-22-49)45-71(63)54-23-16-24-55(43-54)74-56-34-35-60-61-40-50(47-28-32-52(33-29-47)68(2,3)4)30-36-62(61)73(64(60)44-56)66-42-53(38-39-70-66)69(5,6)7/h8-44H,1-7H3/i1D3,8D,9D,10D,11D,12D,13D,19D,20D,21D,22D. The van der Waals surface area contributed by atoms with Gasteiger partial charge in [0.05, 0.1) is 47.1 Å². The second-order valence-electron chi connectivity index (χ2n) is 20.5. The molecule has 0 aliphatic rings. The SMILES string of the molecule is [2H]c1c([2H])c([2H])c(-c2cccc(-c3c([2H])c([2H])c([2H])c([2H])c3[2H])c2-[n+]2[c-]n(-c3cccc(Oc4ccc5c6cc(-c7ccc(C(C)(C)C)cc7)ccc6n(-c6cc(C(C)(C)C)ccn6)c5c4)c3)c3ccc(-c4ccccc4C([2H])([2H])[2H])cc32)c([2H])c1[2H]. The van der Waals surface area contributed by atoms with Crippen molar-refractivity contribution in [3.63, 3.8) is 0 Å². The van der Waals surface area contributed by atoms with Gasteiger partial charge in [0.25, 0.3) is 6.33 Å². The van der Waals surface area contributed by atoms with E-state index in [1.54, 1.807) is 57.7 Å². The monoisotopic (exact) mass is 972 g/mol. The molecule has 0 saturated heterocycles. The highest BCUT2D eigenvalue weighted by molar-refractivity contribution is 6.10. The van der Waals surface area contributed by atoms with E-state index in [2.05, 4.69) is 107 Å². The van der Waals surface area contributed by atoms with Crippen molar-refractivity contribution in [2.75, 3.05) is 0 Å². The zero-order valence-corrected chi connectivity index (χ0v) is 41.8. The number of imidazole rings is 1. The molecule has 0 spiro atoms. The number of hydrogen-bond donors (Lipinski definition) is 0. The Kier molecular flexibility index (Phi) is 8.38. The first-order valence-corrected chi connectivity index (χ1v) is 24.5. The molecule has 12 rings (SSSR count). The van der Waals surface area contributed by atoms with Crippen molar-refractivity contribution in [3.05, 3.63) is 247 Å². The molecule has 3 aromatic heterocycles. The maximum atomic E-state index is 9.23. The summed E-state index contributed by atoms with van der Waals surface area (Å²) in [6, 6.07) is 43.5. The molecule has 0 unspecified atom stereocenters. The number of ether oxygens (including phenoxy) is 1. The van der Waals surface area contributed by atoms with Crippen LogP contribution >= 0.6 is 0 Å². The van der Waals surface area contributed by atoms with E-state index in [9.17, 15) is 5.48 Å². The fraction of sp³-hybridized carbons (Fsp3) is 0.130. The van der Waals surface area contributed by atoms with Crippen LogP contribution in [0.3, 0.4) is 0 Å². The summed E-state index contributed by atoms with van der Waals surface area (Å²) in [5.41, 5.74) is 8.33. The minimum atomic E-state index is -2.51. The summed E-state index contributed by atoms with van der Waals surface area (Å²) in [6.07, 6.45) is 5.32. The summed E-state index contributed by atoms with van der Waals surface area (Å²) >= 11 is 0. The van der Waals surface area contributed by atoms with Crippen LogP contribution in [0.2, 0.25) is 0 Å². The zero-order chi connectivity index (χ0) is 61.9. The molecule has 0 saturated carbocycles. The lowest BCUT2D eigenvalue weighted by atomic mass is 9.86. The third kappa shape index (κ3) is 8.54. The highest BCUT2D eigenvalue weighted by Crippen LogP contribution is 2.40. The maximum absolute atomic E-state index is 9.23. The fourth-order valence-corrected chi connectivity index (χ4v) is 9.81. The van der Waals surface area contributed by atoms with Gasteiger partial charge >= 0.3 is 0 Å². The van der Waals surface area contributed by atoms with Gasteiger partial charge in [-0.15, -0.1) is 0 Å². The second kappa shape index (κ2) is 18.4. The van der Waals surface area contributed by atoms with Gasteiger partial charge in [0, 0.05) is 27.1 Å². The highest BCUT2D eigenvalue weighted by Gasteiger charge is 2.23. The van der Waals surface area contributed by atoms with Crippen molar-refractivity contribution in [1.29, 1.82) is 0 Å². The molecule has 0 N–H and O–H groups in total. The van der Waals surface area contributed by atoms with E-state index in [1.807, 2.05) is 48.7 Å². The normalized spacial score (nSPS) is 14.6. The number of rotatable bonds is 9. The van der Waals surface area contributed by atoms with Gasteiger partial charge in [-0.25, -0.2) is 4.98 Å². The largest absolute Gasteiger partial charge is 0.458 e. The third-order valence-electron chi connectivity index (χ3n) is 13.7. The van der Waals surface area contributed by atoms with E-state index in [0.717, 1.165) is 44.3 Å². The predicted molar refractivity (Wildman–Crippen MR) is 306 cm³/mol. The molecule has 74 heavy (non-hydrogen) atoms. The third-order valence-corrected chi connectivity index (χ3v) is 13.7. The van der Waals surface area contributed by atoms with Crippen molar-refractivity contribution in [3.8, 4) is 73.2 Å². The Morgan fingerprint density at radius 3 is 1.88 bits per heavy atom. The van der Waals surface area contributed by atoms with E-state index >= 15 is 0 Å². The summed E-state index contributed by atoms with van der Waals surface area (Å²) in [7, 11) is 0. The van der Waals surface area contributed by atoms with Crippen LogP contribution in [0, 0.1) is 13.2 Å². The topological polar surface area (TPSA) is 35.9 Å². The van der Waals surface area contributed by atoms with Crippen LogP contribution in [0.5, 0.6) is 11.5 Å². The number of aromatic nitrogens is 4. The lowest BCUT2D eigenvalue weighted by Crippen LogP contribution is -2.31. The molecule has 12 aromatic rings. The number of hydrogen-bond acceptors (Lipinski definition) is 2. The van der Waals surface area contributed by atoms with Gasteiger partial charge in [0.2, 0.25) is 0 Å². The number of aryl methyl sites for hydroxylation is 1. The quantitative estimate of drug-likeness (QED) is 0.107. The first-order chi connectivity index (χ1) is 41.2. The van der Waals surface area contributed by atoms with Crippen LogP contribution in [0.1, 0.15) is 76.1 Å².